The van der Waals surface area contributed by atoms with Gasteiger partial charge in [-0.15, -0.1) is 0 Å². The average Bonchev–Trinajstić information content (AvgIpc) is 3.22. The SMILES string of the molecule is C.CC(=O)NCCCC(CC(=O)C(NC(C)(C)C)C(C)C)C(=O)C(C)(C)C.CC(C)(C)NC(Cc1ccccc1)C(=O)CC(CCCCN)C(=O)C(C)(C)C.CC(CC(=O)C(NC(C)(C)C)C(C)C)C(=O)C(C)(C)C. The molecule has 0 aliphatic rings. The van der Waals surface area contributed by atoms with Crippen molar-refractivity contribution in [2.45, 2.75) is 266 Å². The second-order valence-corrected chi connectivity index (χ2v) is 27.9. The molecule has 6 unspecified atom stereocenters. The van der Waals surface area contributed by atoms with Crippen molar-refractivity contribution in [3.8, 4) is 0 Å². The quantitative estimate of drug-likeness (QED) is 0.0526. The Balaban J connectivity index is -0.00000105. The summed E-state index contributed by atoms with van der Waals surface area (Å²) < 4.78 is 0. The molecule has 436 valence electrons. The molecule has 0 aliphatic heterocycles. The maximum Gasteiger partial charge on any atom is 0.216 e. The van der Waals surface area contributed by atoms with Crippen LogP contribution in [-0.4, -0.2) is 88.4 Å². The van der Waals surface area contributed by atoms with Crippen molar-refractivity contribution < 1.29 is 33.6 Å². The van der Waals surface area contributed by atoms with E-state index in [2.05, 4.69) is 62.8 Å². The van der Waals surface area contributed by atoms with Gasteiger partial charge < -0.3 is 27.0 Å². The smallest absolute Gasteiger partial charge is 0.216 e. The zero-order chi connectivity index (χ0) is 58.4. The number of hydrogen-bond acceptors (Lipinski definition) is 11. The molecule has 0 radical (unpaired) electrons. The van der Waals surface area contributed by atoms with E-state index in [0.29, 0.717) is 45.2 Å². The summed E-state index contributed by atoms with van der Waals surface area (Å²) in [5.74, 6) is 0.345. The summed E-state index contributed by atoms with van der Waals surface area (Å²) in [6, 6.07) is 9.30. The Morgan fingerprint density at radius 1 is 0.493 bits per heavy atom. The third kappa shape index (κ3) is 34.8. The fourth-order valence-electron chi connectivity index (χ4n) is 8.83. The van der Waals surface area contributed by atoms with E-state index in [1.54, 1.807) is 0 Å². The third-order valence-electron chi connectivity index (χ3n) is 12.4. The Morgan fingerprint density at radius 2 is 0.867 bits per heavy atom. The Bertz CT molecular complexity index is 1870. The molecule has 0 saturated heterocycles. The van der Waals surface area contributed by atoms with Gasteiger partial charge >= 0.3 is 0 Å². The second kappa shape index (κ2) is 33.8. The Kier molecular flexibility index (Phi) is 34.1. The minimum Gasteiger partial charge on any atom is -0.356 e. The number of benzene rings is 1. The first kappa shape index (κ1) is 75.8. The highest BCUT2D eigenvalue weighted by atomic mass is 16.2. The summed E-state index contributed by atoms with van der Waals surface area (Å²) in [6.45, 7) is 48.3. The molecule has 1 aromatic rings. The molecule has 0 fully saturated rings. The Morgan fingerprint density at radius 3 is 1.21 bits per heavy atom. The molecule has 6 N–H and O–H groups in total. The summed E-state index contributed by atoms with van der Waals surface area (Å²) in [7, 11) is 0. The topological polar surface area (TPSA) is 194 Å². The zero-order valence-corrected chi connectivity index (χ0v) is 51.7. The number of carbonyl (C=O) groups is 7. The number of Topliss-reactive ketones (excluding diaryl/α,β-unsaturated/α-hetero) is 6. The van der Waals surface area contributed by atoms with Crippen molar-refractivity contribution in [3.63, 3.8) is 0 Å². The fraction of sp³-hybridized carbons (Fsp3) is 0.794. The first-order valence-corrected chi connectivity index (χ1v) is 27.9. The van der Waals surface area contributed by atoms with Crippen LogP contribution >= 0.6 is 0 Å². The highest BCUT2D eigenvalue weighted by molar-refractivity contribution is 5.94. The summed E-state index contributed by atoms with van der Waals surface area (Å²) >= 11 is 0. The van der Waals surface area contributed by atoms with Crippen molar-refractivity contribution in [2.75, 3.05) is 13.1 Å². The van der Waals surface area contributed by atoms with E-state index in [1.807, 2.05) is 148 Å². The van der Waals surface area contributed by atoms with Crippen LogP contribution in [0.2, 0.25) is 0 Å². The normalized spacial score (nSPS) is 14.9. The number of nitrogens with one attached hydrogen (secondary N) is 4. The molecule has 0 aromatic heterocycles. The number of amides is 1. The van der Waals surface area contributed by atoms with Gasteiger partial charge in [-0.2, -0.15) is 0 Å². The number of nitrogens with two attached hydrogens (primary N) is 1. The number of hydrogen-bond donors (Lipinski definition) is 5. The first-order chi connectivity index (χ1) is 33.3. The van der Waals surface area contributed by atoms with Gasteiger partial charge in [0.25, 0.3) is 0 Å². The van der Waals surface area contributed by atoms with Crippen LogP contribution in [0.4, 0.5) is 0 Å². The van der Waals surface area contributed by atoms with E-state index in [9.17, 15) is 33.6 Å². The van der Waals surface area contributed by atoms with Crippen LogP contribution < -0.4 is 27.0 Å². The van der Waals surface area contributed by atoms with E-state index in [-0.39, 0.29) is 124 Å². The fourth-order valence-corrected chi connectivity index (χ4v) is 8.83. The molecule has 75 heavy (non-hydrogen) atoms. The lowest BCUT2D eigenvalue weighted by Crippen LogP contribution is -2.51. The molecule has 0 heterocycles. The van der Waals surface area contributed by atoms with E-state index < -0.39 is 10.8 Å². The van der Waals surface area contributed by atoms with Gasteiger partial charge in [-0.05, 0) is 118 Å². The maximum absolute atomic E-state index is 13.3. The predicted molar refractivity (Wildman–Crippen MR) is 316 cm³/mol. The van der Waals surface area contributed by atoms with Gasteiger partial charge in [0.1, 0.15) is 17.3 Å². The van der Waals surface area contributed by atoms with Crippen LogP contribution in [0, 0.1) is 45.8 Å². The van der Waals surface area contributed by atoms with Crippen LogP contribution in [0.15, 0.2) is 30.3 Å². The lowest BCUT2D eigenvalue weighted by atomic mass is 9.77. The molecule has 0 bridgehead atoms. The second-order valence-electron chi connectivity index (χ2n) is 27.9. The molecular weight excluding hydrogens is 939 g/mol. The molecular formula is C63H117N5O7. The van der Waals surface area contributed by atoms with Crippen molar-refractivity contribution in [2.24, 2.45) is 51.6 Å². The molecule has 12 nitrogen and oxygen atoms in total. The lowest BCUT2D eigenvalue weighted by molar-refractivity contribution is -0.134. The largest absolute Gasteiger partial charge is 0.356 e. The van der Waals surface area contributed by atoms with Gasteiger partial charge in [0.05, 0.1) is 18.1 Å². The predicted octanol–water partition coefficient (Wildman–Crippen LogP) is 12.1. The summed E-state index contributed by atoms with van der Waals surface area (Å²) in [5.41, 5.74) is 4.97. The van der Waals surface area contributed by atoms with Crippen LogP contribution in [0.3, 0.4) is 0 Å². The Labute approximate surface area is 460 Å². The Hall–Kier alpha value is -3.45. The van der Waals surface area contributed by atoms with Crippen LogP contribution in [0.1, 0.15) is 231 Å². The van der Waals surface area contributed by atoms with E-state index in [4.69, 9.17) is 5.73 Å². The van der Waals surface area contributed by atoms with Crippen molar-refractivity contribution in [1.82, 2.24) is 21.3 Å². The monoisotopic (exact) mass is 1060 g/mol. The minimum absolute atomic E-state index is 0. The highest BCUT2D eigenvalue weighted by Gasteiger charge is 2.36. The van der Waals surface area contributed by atoms with Crippen molar-refractivity contribution in [3.05, 3.63) is 35.9 Å². The molecule has 1 aromatic carbocycles. The zero-order valence-electron chi connectivity index (χ0n) is 51.7. The molecule has 12 heteroatoms. The van der Waals surface area contributed by atoms with Gasteiger partial charge in [0.15, 0.2) is 17.3 Å². The molecule has 1 rings (SSSR count). The summed E-state index contributed by atoms with van der Waals surface area (Å²) in [4.78, 5) is 87.7. The number of ketones is 6. The van der Waals surface area contributed by atoms with Crippen molar-refractivity contribution in [1.29, 1.82) is 0 Å². The van der Waals surface area contributed by atoms with E-state index >= 15 is 0 Å². The number of rotatable bonds is 27. The van der Waals surface area contributed by atoms with Gasteiger partial charge in [-0.3, -0.25) is 33.6 Å². The van der Waals surface area contributed by atoms with Crippen molar-refractivity contribution >= 4 is 40.6 Å². The average molecular weight is 1060 g/mol. The number of unbranched alkanes of at least 4 members (excludes halogenated alkanes) is 1. The van der Waals surface area contributed by atoms with Gasteiger partial charge in [0, 0.05) is 83.3 Å². The summed E-state index contributed by atoms with van der Waals surface area (Å²) in [6.07, 6.45) is 5.30. The maximum atomic E-state index is 13.3. The van der Waals surface area contributed by atoms with Gasteiger partial charge in [-0.1, -0.05) is 141 Å². The van der Waals surface area contributed by atoms with E-state index in [1.165, 1.54) is 6.92 Å². The van der Waals surface area contributed by atoms with E-state index in [0.717, 1.165) is 24.8 Å². The minimum atomic E-state index is -0.482. The molecule has 0 saturated carbocycles. The molecule has 0 spiro atoms. The van der Waals surface area contributed by atoms with Gasteiger partial charge in [0.2, 0.25) is 5.91 Å². The molecule has 0 aliphatic carbocycles. The highest BCUT2D eigenvalue weighted by Crippen LogP contribution is 2.29. The lowest BCUT2D eigenvalue weighted by Gasteiger charge is -2.32. The molecule has 1 amide bonds. The van der Waals surface area contributed by atoms with Crippen LogP contribution in [-0.2, 0) is 40.0 Å². The van der Waals surface area contributed by atoms with Gasteiger partial charge in [-0.25, -0.2) is 0 Å². The first-order valence-electron chi connectivity index (χ1n) is 27.9. The van der Waals surface area contributed by atoms with Crippen LogP contribution in [0.5, 0.6) is 0 Å². The third-order valence-corrected chi connectivity index (χ3v) is 12.4. The van der Waals surface area contributed by atoms with Crippen LogP contribution in [0.25, 0.3) is 0 Å². The standard InChI is InChI=1S/C24H40N2O2.C21H40N2O3.C17H33NO2.CH4/c1-23(2,3)22(28)19(14-10-11-15-25)17-21(27)20(26-24(4,5)6)16-18-12-8-7-9-13-18;1-14(2)18(23-21(7,8)9)17(25)13-16(19(26)20(4,5)6)11-10-12-22-15(3)24;1-11(2)14(18-17(7,8)9)13(19)10-12(3)15(20)16(4,5)6;/h7-9,12-13,19-20,26H,10-11,14-17,25H2,1-6H3;14,16,18,23H,10-13H2,1-9H3,(H,22,24);11-12,14,18H,10H2,1-9H3;1H4. The molecule has 6 atom stereocenters. The number of carbonyl (C=O) groups excluding carboxylic acids is 7. The summed E-state index contributed by atoms with van der Waals surface area (Å²) in [5, 5.41) is 13.0.